The van der Waals surface area contributed by atoms with Gasteiger partial charge < -0.3 is 10.2 Å². The van der Waals surface area contributed by atoms with Crippen molar-refractivity contribution in [3.8, 4) is 6.07 Å². The number of nitriles is 1. The molecule has 0 radical (unpaired) electrons. The number of amides is 1. The van der Waals surface area contributed by atoms with Crippen molar-refractivity contribution in [2.24, 2.45) is 0 Å². The van der Waals surface area contributed by atoms with Crippen LogP contribution < -0.4 is 10.2 Å². The van der Waals surface area contributed by atoms with E-state index >= 15 is 0 Å². The SMILES string of the molecule is CCN1c2ccc(/C=C(/C#N)C(=O)NCc3ccccc3)cc2[C@@H](C)CC1(C)C. The molecule has 0 saturated carbocycles. The number of anilines is 1. The fraction of sp³-hybridized carbons (Fsp3) is 0.360. The Balaban J connectivity index is 1.83. The monoisotopic (exact) mass is 387 g/mol. The van der Waals surface area contributed by atoms with E-state index in [-0.39, 0.29) is 17.0 Å². The van der Waals surface area contributed by atoms with E-state index < -0.39 is 0 Å². The number of nitrogens with zero attached hydrogens (tertiary/aromatic N) is 2. The van der Waals surface area contributed by atoms with Gasteiger partial charge in [-0.25, -0.2) is 0 Å². The maximum absolute atomic E-state index is 12.5. The molecule has 0 aromatic heterocycles. The lowest BCUT2D eigenvalue weighted by molar-refractivity contribution is -0.117. The molecule has 0 aliphatic carbocycles. The molecule has 3 rings (SSSR count). The van der Waals surface area contributed by atoms with Crippen molar-refractivity contribution in [1.29, 1.82) is 5.26 Å². The summed E-state index contributed by atoms with van der Waals surface area (Å²) in [7, 11) is 0. The van der Waals surface area contributed by atoms with E-state index in [0.29, 0.717) is 12.5 Å². The summed E-state index contributed by atoms with van der Waals surface area (Å²) in [4.78, 5) is 14.9. The predicted octanol–water partition coefficient (Wildman–Crippen LogP) is 5.02. The molecule has 1 atom stereocenters. The summed E-state index contributed by atoms with van der Waals surface area (Å²) in [6, 6.07) is 18.0. The fourth-order valence-electron chi connectivity index (χ4n) is 4.39. The molecule has 4 nitrogen and oxygen atoms in total. The van der Waals surface area contributed by atoms with Crippen LogP contribution in [0.25, 0.3) is 6.08 Å². The zero-order valence-corrected chi connectivity index (χ0v) is 17.7. The van der Waals surface area contributed by atoms with Gasteiger partial charge in [0.25, 0.3) is 5.91 Å². The zero-order valence-electron chi connectivity index (χ0n) is 17.7. The molecule has 29 heavy (non-hydrogen) atoms. The summed E-state index contributed by atoms with van der Waals surface area (Å²) in [6.45, 7) is 10.4. The highest BCUT2D eigenvalue weighted by Crippen LogP contribution is 2.43. The van der Waals surface area contributed by atoms with Gasteiger partial charge in [0.05, 0.1) is 0 Å². The molecule has 1 aliphatic rings. The molecule has 1 aliphatic heterocycles. The maximum Gasteiger partial charge on any atom is 0.262 e. The topological polar surface area (TPSA) is 56.1 Å². The van der Waals surface area contributed by atoms with Gasteiger partial charge >= 0.3 is 0 Å². The van der Waals surface area contributed by atoms with Crippen LogP contribution in [0.5, 0.6) is 0 Å². The van der Waals surface area contributed by atoms with Gasteiger partial charge in [-0.1, -0.05) is 43.3 Å². The van der Waals surface area contributed by atoms with Gasteiger partial charge in [0, 0.05) is 24.3 Å². The Morgan fingerprint density at radius 2 is 2.00 bits per heavy atom. The predicted molar refractivity (Wildman–Crippen MR) is 118 cm³/mol. The minimum absolute atomic E-state index is 0.119. The van der Waals surface area contributed by atoms with Crippen LogP contribution in [0.1, 0.15) is 56.7 Å². The third-order valence-corrected chi connectivity index (χ3v) is 5.70. The number of nitrogens with one attached hydrogen (secondary N) is 1. The summed E-state index contributed by atoms with van der Waals surface area (Å²) in [6.07, 6.45) is 2.76. The first-order chi connectivity index (χ1) is 13.9. The van der Waals surface area contributed by atoms with E-state index in [1.165, 1.54) is 11.3 Å². The van der Waals surface area contributed by atoms with Crippen LogP contribution in [-0.2, 0) is 11.3 Å². The first-order valence-electron chi connectivity index (χ1n) is 10.2. The Labute approximate surface area is 173 Å². The lowest BCUT2D eigenvalue weighted by Crippen LogP contribution is -2.48. The average Bonchev–Trinajstić information content (AvgIpc) is 2.71. The number of benzene rings is 2. The summed E-state index contributed by atoms with van der Waals surface area (Å²) in [5.74, 6) is 0.0760. The van der Waals surface area contributed by atoms with Gasteiger partial charge in [0.1, 0.15) is 11.6 Å². The Bertz CT molecular complexity index is 954. The highest BCUT2D eigenvalue weighted by Gasteiger charge is 2.35. The van der Waals surface area contributed by atoms with Gasteiger partial charge in [0.2, 0.25) is 0 Å². The van der Waals surface area contributed by atoms with Crippen molar-refractivity contribution in [3.63, 3.8) is 0 Å². The van der Waals surface area contributed by atoms with Crippen LogP contribution in [0.4, 0.5) is 5.69 Å². The third kappa shape index (κ3) is 4.51. The molecule has 150 valence electrons. The van der Waals surface area contributed by atoms with Crippen molar-refractivity contribution in [2.75, 3.05) is 11.4 Å². The van der Waals surface area contributed by atoms with Gasteiger partial charge in [-0.3, -0.25) is 4.79 Å². The van der Waals surface area contributed by atoms with Crippen LogP contribution in [0.2, 0.25) is 0 Å². The van der Waals surface area contributed by atoms with Crippen LogP contribution >= 0.6 is 0 Å². The first kappa shape index (κ1) is 20.7. The van der Waals surface area contributed by atoms with Gasteiger partial charge in [-0.05, 0) is 68.0 Å². The quantitative estimate of drug-likeness (QED) is 0.579. The van der Waals surface area contributed by atoms with Gasteiger partial charge in [-0.15, -0.1) is 0 Å². The van der Waals surface area contributed by atoms with Crippen molar-refractivity contribution < 1.29 is 4.79 Å². The maximum atomic E-state index is 12.5. The molecule has 1 amide bonds. The molecule has 0 fully saturated rings. The van der Waals surface area contributed by atoms with Gasteiger partial charge in [0.15, 0.2) is 0 Å². The largest absolute Gasteiger partial charge is 0.366 e. The summed E-state index contributed by atoms with van der Waals surface area (Å²) >= 11 is 0. The molecular formula is C25H29N3O. The molecule has 0 bridgehead atoms. The number of carbonyl (C=O) groups is 1. The first-order valence-corrected chi connectivity index (χ1v) is 10.2. The number of rotatable bonds is 5. The van der Waals surface area contributed by atoms with Crippen molar-refractivity contribution >= 4 is 17.7 Å². The van der Waals surface area contributed by atoms with E-state index in [9.17, 15) is 10.1 Å². The molecule has 1 heterocycles. The van der Waals surface area contributed by atoms with E-state index in [2.05, 4.69) is 50.0 Å². The molecule has 4 heteroatoms. The summed E-state index contributed by atoms with van der Waals surface area (Å²) in [5, 5.41) is 12.3. The molecule has 2 aromatic rings. The van der Waals surface area contributed by atoms with Crippen LogP contribution in [0.15, 0.2) is 54.1 Å². The third-order valence-electron chi connectivity index (χ3n) is 5.70. The number of hydrogen-bond acceptors (Lipinski definition) is 3. The molecule has 0 spiro atoms. The van der Waals surface area contributed by atoms with E-state index in [0.717, 1.165) is 24.1 Å². The second-order valence-electron chi connectivity index (χ2n) is 8.32. The van der Waals surface area contributed by atoms with E-state index in [1.54, 1.807) is 6.08 Å². The van der Waals surface area contributed by atoms with Crippen molar-refractivity contribution in [1.82, 2.24) is 5.32 Å². The molecule has 0 unspecified atom stereocenters. The second kappa shape index (κ2) is 8.53. The highest BCUT2D eigenvalue weighted by molar-refractivity contribution is 6.01. The van der Waals surface area contributed by atoms with Crippen molar-refractivity contribution in [2.45, 2.75) is 52.1 Å². The van der Waals surface area contributed by atoms with E-state index in [4.69, 9.17) is 0 Å². The lowest BCUT2D eigenvalue weighted by atomic mass is 9.79. The van der Waals surface area contributed by atoms with Gasteiger partial charge in [-0.2, -0.15) is 5.26 Å². The number of hydrogen-bond donors (Lipinski definition) is 1. The molecule has 1 N–H and O–H groups in total. The number of carbonyl (C=O) groups excluding carboxylic acids is 1. The molecular weight excluding hydrogens is 358 g/mol. The summed E-state index contributed by atoms with van der Waals surface area (Å²) < 4.78 is 0. The Morgan fingerprint density at radius 3 is 2.66 bits per heavy atom. The summed E-state index contributed by atoms with van der Waals surface area (Å²) in [5.41, 5.74) is 4.66. The Kier molecular flexibility index (Phi) is 6.08. The van der Waals surface area contributed by atoms with Crippen molar-refractivity contribution in [3.05, 3.63) is 70.8 Å². The van der Waals surface area contributed by atoms with Crippen LogP contribution in [0.3, 0.4) is 0 Å². The lowest BCUT2D eigenvalue weighted by Gasteiger charge is -2.47. The fourth-order valence-corrected chi connectivity index (χ4v) is 4.39. The Morgan fingerprint density at radius 1 is 1.28 bits per heavy atom. The molecule has 2 aromatic carbocycles. The standard InChI is InChI=1S/C25H29N3O/c1-5-28-23-12-11-20(14-22(23)18(2)15-25(28,3)4)13-21(16-26)24(29)27-17-19-9-7-6-8-10-19/h6-14,18H,5,15,17H2,1-4H3,(H,27,29)/b21-13-/t18-/m0/s1. The molecule has 0 saturated heterocycles. The van der Waals surface area contributed by atoms with E-state index in [1.807, 2.05) is 42.5 Å². The highest BCUT2D eigenvalue weighted by atomic mass is 16.1. The minimum atomic E-state index is -0.349. The zero-order chi connectivity index (χ0) is 21.0. The second-order valence-corrected chi connectivity index (χ2v) is 8.32. The van der Waals surface area contributed by atoms with Crippen LogP contribution in [0, 0.1) is 11.3 Å². The number of fused-ring (bicyclic) bond motifs is 1. The normalized spacial score (nSPS) is 18.0. The smallest absolute Gasteiger partial charge is 0.262 e. The average molecular weight is 388 g/mol. The Hall–Kier alpha value is -3.06. The minimum Gasteiger partial charge on any atom is -0.366 e. The van der Waals surface area contributed by atoms with Crippen LogP contribution in [-0.4, -0.2) is 18.0 Å².